The average Bonchev–Trinajstić information content (AvgIpc) is 3.18. The van der Waals surface area contributed by atoms with Gasteiger partial charge in [0.25, 0.3) is 0 Å². The Kier molecular flexibility index (Phi) is 5.82. The number of aromatic nitrogens is 3. The van der Waals surface area contributed by atoms with E-state index in [1.165, 1.54) is 27.9 Å². The Morgan fingerprint density at radius 1 is 0.759 bits per heavy atom. The van der Waals surface area contributed by atoms with Crippen molar-refractivity contribution in [3.8, 4) is 5.82 Å². The lowest BCUT2D eigenvalue weighted by Gasteiger charge is -2.23. The molecule has 0 unspecified atom stereocenters. The summed E-state index contributed by atoms with van der Waals surface area (Å²) in [5, 5.41) is 0. The van der Waals surface area contributed by atoms with E-state index in [1.54, 1.807) is 0 Å². The van der Waals surface area contributed by atoms with Gasteiger partial charge in [-0.3, -0.25) is 9.88 Å². The molecule has 0 bridgehead atoms. The smallest absolute Gasteiger partial charge is 0.137 e. The van der Waals surface area contributed by atoms with Crippen LogP contribution in [0.15, 0.2) is 85.5 Å². The van der Waals surface area contributed by atoms with Gasteiger partial charge in [-0.25, -0.2) is 4.98 Å². The molecule has 0 N–H and O–H groups in total. The molecule has 0 fully saturated rings. The van der Waals surface area contributed by atoms with Crippen LogP contribution >= 0.6 is 0 Å². The van der Waals surface area contributed by atoms with Gasteiger partial charge in [-0.05, 0) is 66.9 Å². The largest absolute Gasteiger partial charge is 0.304 e. The van der Waals surface area contributed by atoms with Crippen molar-refractivity contribution in [1.29, 1.82) is 0 Å². The van der Waals surface area contributed by atoms with E-state index in [-0.39, 0.29) is 0 Å². The van der Waals surface area contributed by atoms with Crippen LogP contribution in [0, 0.1) is 13.8 Å². The highest BCUT2D eigenvalue weighted by Crippen LogP contribution is 2.18. The summed E-state index contributed by atoms with van der Waals surface area (Å²) in [5.74, 6) is 0.962. The summed E-state index contributed by atoms with van der Waals surface area (Å²) in [6, 6.07) is 21.4. The Labute approximate surface area is 172 Å². The molecule has 4 nitrogen and oxygen atoms in total. The molecule has 3 aromatic heterocycles. The molecule has 29 heavy (non-hydrogen) atoms. The second kappa shape index (κ2) is 8.84. The molecule has 0 radical (unpaired) electrons. The molecule has 0 amide bonds. The fourth-order valence-corrected chi connectivity index (χ4v) is 3.52. The van der Waals surface area contributed by atoms with E-state index in [1.807, 2.05) is 24.7 Å². The zero-order valence-electron chi connectivity index (χ0n) is 17.0. The first-order chi connectivity index (χ1) is 14.2. The SMILES string of the molecule is Cc1ccc(CN(Cc2ccncc2)Cc2cccn2-c2cc(C)ccn2)cc1. The molecule has 0 spiro atoms. The van der Waals surface area contributed by atoms with Crippen molar-refractivity contribution in [2.24, 2.45) is 0 Å². The maximum absolute atomic E-state index is 4.56. The average molecular weight is 383 g/mol. The normalized spacial score (nSPS) is 11.1. The van der Waals surface area contributed by atoms with Crippen LogP contribution in [0.5, 0.6) is 0 Å². The summed E-state index contributed by atoms with van der Waals surface area (Å²) in [5.41, 5.74) is 6.30. The Hall–Kier alpha value is -3.24. The van der Waals surface area contributed by atoms with E-state index in [0.717, 1.165) is 25.5 Å². The Bertz CT molecular complexity index is 1050. The predicted molar refractivity (Wildman–Crippen MR) is 117 cm³/mol. The standard InChI is InChI=1S/C25H26N4/c1-20-5-7-22(8-6-20)17-28(18-23-10-12-26-13-11-23)19-24-4-3-15-29(24)25-16-21(2)9-14-27-25/h3-16H,17-19H2,1-2H3. The molecule has 0 saturated carbocycles. The third kappa shape index (κ3) is 4.98. The van der Waals surface area contributed by atoms with E-state index in [4.69, 9.17) is 0 Å². The third-order valence-corrected chi connectivity index (χ3v) is 5.05. The molecular formula is C25H26N4. The molecule has 0 saturated heterocycles. The Balaban J connectivity index is 1.60. The van der Waals surface area contributed by atoms with Crippen LogP contribution in [0.25, 0.3) is 5.82 Å². The number of benzene rings is 1. The van der Waals surface area contributed by atoms with Crippen LogP contribution in [-0.4, -0.2) is 19.4 Å². The lowest BCUT2D eigenvalue weighted by Crippen LogP contribution is -2.24. The molecule has 0 aliphatic heterocycles. The van der Waals surface area contributed by atoms with E-state index in [2.05, 4.69) is 94.1 Å². The first-order valence-corrected chi connectivity index (χ1v) is 9.93. The minimum absolute atomic E-state index is 0.832. The van der Waals surface area contributed by atoms with Crippen molar-refractivity contribution < 1.29 is 0 Å². The van der Waals surface area contributed by atoms with Gasteiger partial charge in [0, 0.05) is 50.1 Å². The van der Waals surface area contributed by atoms with Gasteiger partial charge in [-0.1, -0.05) is 29.8 Å². The third-order valence-electron chi connectivity index (χ3n) is 5.05. The van der Waals surface area contributed by atoms with Crippen LogP contribution in [0.1, 0.15) is 27.9 Å². The summed E-state index contributed by atoms with van der Waals surface area (Å²) in [6.45, 7) is 6.80. The van der Waals surface area contributed by atoms with Gasteiger partial charge in [-0.15, -0.1) is 0 Å². The molecule has 0 atom stereocenters. The molecule has 4 heteroatoms. The Morgan fingerprint density at radius 3 is 2.21 bits per heavy atom. The summed E-state index contributed by atoms with van der Waals surface area (Å²) in [6.07, 6.45) is 7.68. The molecule has 0 aliphatic carbocycles. The lowest BCUT2D eigenvalue weighted by atomic mass is 10.1. The lowest BCUT2D eigenvalue weighted by molar-refractivity contribution is 0.243. The van der Waals surface area contributed by atoms with Crippen molar-refractivity contribution in [1.82, 2.24) is 19.4 Å². The summed E-state index contributed by atoms with van der Waals surface area (Å²) in [7, 11) is 0. The van der Waals surface area contributed by atoms with Crippen LogP contribution < -0.4 is 0 Å². The molecule has 4 rings (SSSR count). The highest BCUT2D eigenvalue weighted by molar-refractivity contribution is 5.31. The number of nitrogens with zero attached hydrogens (tertiary/aromatic N) is 4. The molecule has 3 heterocycles. The van der Waals surface area contributed by atoms with Crippen LogP contribution in [0.2, 0.25) is 0 Å². The number of aryl methyl sites for hydroxylation is 2. The van der Waals surface area contributed by atoms with Gasteiger partial charge in [0.1, 0.15) is 5.82 Å². The number of hydrogen-bond acceptors (Lipinski definition) is 3. The summed E-state index contributed by atoms with van der Waals surface area (Å²) in [4.78, 5) is 11.2. The first kappa shape index (κ1) is 19.1. The first-order valence-electron chi connectivity index (χ1n) is 9.93. The van der Waals surface area contributed by atoms with Gasteiger partial charge in [0.05, 0.1) is 0 Å². The highest BCUT2D eigenvalue weighted by Gasteiger charge is 2.12. The fraction of sp³-hybridized carbons (Fsp3) is 0.200. The second-order valence-electron chi connectivity index (χ2n) is 7.55. The van der Waals surface area contributed by atoms with Crippen LogP contribution in [0.3, 0.4) is 0 Å². The van der Waals surface area contributed by atoms with E-state index in [9.17, 15) is 0 Å². The minimum atomic E-state index is 0.832. The predicted octanol–water partition coefficient (Wildman–Crippen LogP) is 5.09. The van der Waals surface area contributed by atoms with E-state index in [0.29, 0.717) is 0 Å². The number of rotatable bonds is 7. The van der Waals surface area contributed by atoms with Crippen molar-refractivity contribution in [2.45, 2.75) is 33.5 Å². The van der Waals surface area contributed by atoms with Crippen molar-refractivity contribution in [3.63, 3.8) is 0 Å². The highest BCUT2D eigenvalue weighted by atomic mass is 15.2. The molecule has 146 valence electrons. The fourth-order valence-electron chi connectivity index (χ4n) is 3.52. The number of pyridine rings is 2. The topological polar surface area (TPSA) is 34.0 Å². The van der Waals surface area contributed by atoms with Gasteiger partial charge in [0.2, 0.25) is 0 Å². The molecule has 4 aromatic rings. The van der Waals surface area contributed by atoms with Gasteiger partial charge >= 0.3 is 0 Å². The van der Waals surface area contributed by atoms with Gasteiger partial charge in [-0.2, -0.15) is 0 Å². The number of hydrogen-bond donors (Lipinski definition) is 0. The minimum Gasteiger partial charge on any atom is -0.304 e. The van der Waals surface area contributed by atoms with Crippen molar-refractivity contribution in [3.05, 3.63) is 113 Å². The molecular weight excluding hydrogens is 356 g/mol. The zero-order valence-corrected chi connectivity index (χ0v) is 17.0. The summed E-state index contributed by atoms with van der Waals surface area (Å²) < 4.78 is 2.18. The quantitative estimate of drug-likeness (QED) is 0.447. The molecule has 1 aromatic carbocycles. The maximum Gasteiger partial charge on any atom is 0.137 e. The van der Waals surface area contributed by atoms with Crippen molar-refractivity contribution >= 4 is 0 Å². The summed E-state index contributed by atoms with van der Waals surface area (Å²) >= 11 is 0. The van der Waals surface area contributed by atoms with E-state index < -0.39 is 0 Å². The zero-order chi connectivity index (χ0) is 20.1. The second-order valence-corrected chi connectivity index (χ2v) is 7.55. The molecule has 0 aliphatic rings. The maximum atomic E-state index is 4.56. The monoisotopic (exact) mass is 382 g/mol. The van der Waals surface area contributed by atoms with E-state index >= 15 is 0 Å². The van der Waals surface area contributed by atoms with Crippen molar-refractivity contribution in [2.75, 3.05) is 0 Å². The van der Waals surface area contributed by atoms with Gasteiger partial charge < -0.3 is 4.57 Å². The van der Waals surface area contributed by atoms with Crippen LogP contribution in [-0.2, 0) is 19.6 Å². The Morgan fingerprint density at radius 2 is 1.48 bits per heavy atom. The van der Waals surface area contributed by atoms with Gasteiger partial charge in [0.15, 0.2) is 0 Å². The van der Waals surface area contributed by atoms with Crippen LogP contribution in [0.4, 0.5) is 0 Å².